The van der Waals surface area contributed by atoms with E-state index in [1.807, 2.05) is 0 Å². The summed E-state index contributed by atoms with van der Waals surface area (Å²) in [4.78, 5) is 4.93. The van der Waals surface area contributed by atoms with Gasteiger partial charge in [0.25, 0.3) is 0 Å². The molecule has 1 heterocycles. The summed E-state index contributed by atoms with van der Waals surface area (Å²) in [5.41, 5.74) is 8.74. The molecule has 0 saturated carbocycles. The minimum Gasteiger partial charge on any atom is -0.248 e. The molecule has 0 atom stereocenters. The third-order valence-corrected chi connectivity index (χ3v) is 4.16. The fourth-order valence-corrected chi connectivity index (χ4v) is 3.30. The van der Waals surface area contributed by atoms with E-state index in [2.05, 4.69) is 70.2 Å². The lowest BCUT2D eigenvalue weighted by Crippen LogP contribution is -1.95. The Labute approximate surface area is 133 Å². The summed E-state index contributed by atoms with van der Waals surface area (Å²) < 4.78 is 0. The third-order valence-electron chi connectivity index (χ3n) is 4.16. The Morgan fingerprint density at radius 3 is 2.32 bits per heavy atom. The first-order valence-corrected chi connectivity index (χ1v) is 8.06. The van der Waals surface area contributed by atoms with Gasteiger partial charge < -0.3 is 0 Å². The normalized spacial score (nSPS) is 11.1. The third kappa shape index (κ3) is 2.76. The maximum absolute atomic E-state index is 4.93. The summed E-state index contributed by atoms with van der Waals surface area (Å²) in [6.07, 6.45) is 2.25. The maximum Gasteiger partial charge on any atom is 0.0714 e. The molecule has 1 nitrogen and oxygen atoms in total. The fraction of sp³-hybridized carbons (Fsp3) is 0.286. The molecule has 0 amide bonds. The maximum atomic E-state index is 4.93. The Morgan fingerprint density at radius 2 is 1.64 bits per heavy atom. The Bertz CT molecular complexity index is 810. The smallest absolute Gasteiger partial charge is 0.0714 e. The van der Waals surface area contributed by atoms with Crippen LogP contribution in [-0.2, 0) is 6.42 Å². The molecule has 22 heavy (non-hydrogen) atoms. The van der Waals surface area contributed by atoms with Gasteiger partial charge in [-0.25, -0.2) is 4.98 Å². The zero-order valence-electron chi connectivity index (χ0n) is 13.9. The van der Waals surface area contributed by atoms with Gasteiger partial charge in [0, 0.05) is 10.9 Å². The number of fused-ring (bicyclic) bond motifs is 1. The number of aryl methyl sites for hydroxylation is 4. The molecule has 0 unspecified atom stereocenters. The van der Waals surface area contributed by atoms with Crippen LogP contribution in [-0.4, -0.2) is 4.98 Å². The highest BCUT2D eigenvalue weighted by molar-refractivity contribution is 5.88. The van der Waals surface area contributed by atoms with Crippen molar-refractivity contribution in [3.05, 3.63) is 64.7 Å². The Balaban J connectivity index is 2.27. The molecule has 1 heteroatoms. The summed E-state index contributed by atoms with van der Waals surface area (Å²) in [5, 5.41) is 1.33. The van der Waals surface area contributed by atoms with E-state index in [1.54, 1.807) is 0 Å². The van der Waals surface area contributed by atoms with Gasteiger partial charge >= 0.3 is 0 Å². The van der Waals surface area contributed by atoms with Crippen molar-refractivity contribution in [1.82, 2.24) is 4.98 Å². The van der Waals surface area contributed by atoms with E-state index in [9.17, 15) is 0 Å². The zero-order chi connectivity index (χ0) is 15.7. The molecule has 0 bridgehead atoms. The summed E-state index contributed by atoms with van der Waals surface area (Å²) in [7, 11) is 0. The van der Waals surface area contributed by atoms with E-state index in [-0.39, 0.29) is 0 Å². The van der Waals surface area contributed by atoms with Crippen LogP contribution in [0.1, 0.15) is 35.6 Å². The Hall–Kier alpha value is -2.15. The number of nitrogens with zero attached hydrogens (tertiary/aromatic N) is 1. The standard InChI is InChI=1S/C21H23N/c1-5-7-17-13-20(18-11-14(2)10-15(3)12-18)22-19-9-6-8-16(4)21(17)19/h6,8-13H,5,7H2,1-4H3. The van der Waals surface area contributed by atoms with Crippen LogP contribution in [0.3, 0.4) is 0 Å². The zero-order valence-corrected chi connectivity index (χ0v) is 13.9. The van der Waals surface area contributed by atoms with E-state index in [4.69, 9.17) is 4.98 Å². The molecule has 0 saturated heterocycles. The molecule has 0 N–H and O–H groups in total. The Morgan fingerprint density at radius 1 is 0.909 bits per heavy atom. The molecule has 0 spiro atoms. The molecule has 2 aromatic carbocycles. The van der Waals surface area contributed by atoms with Crippen molar-refractivity contribution in [2.24, 2.45) is 0 Å². The highest BCUT2D eigenvalue weighted by Gasteiger charge is 2.09. The van der Waals surface area contributed by atoms with Gasteiger partial charge in [-0.2, -0.15) is 0 Å². The van der Waals surface area contributed by atoms with Crippen LogP contribution in [0.25, 0.3) is 22.2 Å². The number of aromatic nitrogens is 1. The average molecular weight is 289 g/mol. The second kappa shape index (κ2) is 5.92. The lowest BCUT2D eigenvalue weighted by Gasteiger charge is -2.12. The van der Waals surface area contributed by atoms with Crippen LogP contribution < -0.4 is 0 Å². The number of rotatable bonds is 3. The first-order chi connectivity index (χ1) is 10.6. The molecule has 3 rings (SSSR count). The van der Waals surface area contributed by atoms with Crippen LogP contribution in [0.5, 0.6) is 0 Å². The molecule has 3 aromatic rings. The lowest BCUT2D eigenvalue weighted by molar-refractivity contribution is 0.927. The minimum atomic E-state index is 1.09. The summed E-state index contributed by atoms with van der Waals surface area (Å²) in [6, 6.07) is 15.4. The largest absolute Gasteiger partial charge is 0.248 e. The predicted octanol–water partition coefficient (Wildman–Crippen LogP) is 5.78. The Kier molecular flexibility index (Phi) is 3.98. The van der Waals surface area contributed by atoms with E-state index in [0.29, 0.717) is 0 Å². The highest BCUT2D eigenvalue weighted by Crippen LogP contribution is 2.28. The number of benzene rings is 2. The van der Waals surface area contributed by atoms with Gasteiger partial charge in [-0.1, -0.05) is 42.7 Å². The number of hydrogen-bond acceptors (Lipinski definition) is 1. The molecular weight excluding hydrogens is 266 g/mol. The molecule has 0 fully saturated rings. The van der Waals surface area contributed by atoms with Crippen LogP contribution in [0.2, 0.25) is 0 Å². The fourth-order valence-electron chi connectivity index (χ4n) is 3.30. The van der Waals surface area contributed by atoms with Crippen molar-refractivity contribution in [1.29, 1.82) is 0 Å². The second-order valence-electron chi connectivity index (χ2n) is 6.26. The summed E-state index contributed by atoms with van der Waals surface area (Å²) in [6.45, 7) is 8.71. The predicted molar refractivity (Wildman–Crippen MR) is 95.4 cm³/mol. The van der Waals surface area contributed by atoms with E-state index in [0.717, 1.165) is 24.1 Å². The van der Waals surface area contributed by atoms with Crippen molar-refractivity contribution in [3.63, 3.8) is 0 Å². The van der Waals surface area contributed by atoms with Gasteiger partial charge in [0.05, 0.1) is 11.2 Å². The highest BCUT2D eigenvalue weighted by atomic mass is 14.7. The van der Waals surface area contributed by atoms with Crippen LogP contribution in [0.15, 0.2) is 42.5 Å². The minimum absolute atomic E-state index is 1.09. The molecule has 1 aromatic heterocycles. The summed E-state index contributed by atoms with van der Waals surface area (Å²) >= 11 is 0. The van der Waals surface area contributed by atoms with Gasteiger partial charge in [-0.15, -0.1) is 0 Å². The topological polar surface area (TPSA) is 12.9 Å². The molecule has 0 aliphatic carbocycles. The number of hydrogen-bond donors (Lipinski definition) is 0. The van der Waals surface area contributed by atoms with Gasteiger partial charge in [0.15, 0.2) is 0 Å². The van der Waals surface area contributed by atoms with Crippen LogP contribution in [0, 0.1) is 20.8 Å². The van der Waals surface area contributed by atoms with Crippen LogP contribution in [0.4, 0.5) is 0 Å². The SMILES string of the molecule is CCCc1cc(-c2cc(C)cc(C)c2)nc2cccc(C)c12. The molecular formula is C21H23N. The molecule has 0 aliphatic heterocycles. The van der Waals surface area contributed by atoms with E-state index < -0.39 is 0 Å². The van der Waals surface area contributed by atoms with Crippen molar-refractivity contribution in [2.75, 3.05) is 0 Å². The van der Waals surface area contributed by atoms with Crippen molar-refractivity contribution < 1.29 is 0 Å². The second-order valence-corrected chi connectivity index (χ2v) is 6.26. The van der Waals surface area contributed by atoms with Gasteiger partial charge in [0.2, 0.25) is 0 Å². The first-order valence-electron chi connectivity index (χ1n) is 8.06. The first kappa shape index (κ1) is 14.8. The molecule has 0 radical (unpaired) electrons. The van der Waals surface area contributed by atoms with Crippen LogP contribution >= 0.6 is 0 Å². The van der Waals surface area contributed by atoms with Gasteiger partial charge in [0.1, 0.15) is 0 Å². The van der Waals surface area contributed by atoms with Crippen molar-refractivity contribution >= 4 is 10.9 Å². The van der Waals surface area contributed by atoms with Gasteiger partial charge in [-0.3, -0.25) is 0 Å². The van der Waals surface area contributed by atoms with Gasteiger partial charge in [-0.05, 0) is 62.6 Å². The number of pyridine rings is 1. The quantitative estimate of drug-likeness (QED) is 0.595. The summed E-state index contributed by atoms with van der Waals surface area (Å²) in [5.74, 6) is 0. The molecule has 0 aliphatic rings. The molecule has 112 valence electrons. The lowest BCUT2D eigenvalue weighted by atomic mass is 9.97. The van der Waals surface area contributed by atoms with E-state index >= 15 is 0 Å². The van der Waals surface area contributed by atoms with E-state index in [1.165, 1.54) is 33.2 Å². The average Bonchev–Trinajstić information content (AvgIpc) is 2.46. The van der Waals surface area contributed by atoms with Crippen molar-refractivity contribution in [3.8, 4) is 11.3 Å². The monoisotopic (exact) mass is 289 g/mol. The van der Waals surface area contributed by atoms with Crippen molar-refractivity contribution in [2.45, 2.75) is 40.5 Å².